The van der Waals surface area contributed by atoms with Gasteiger partial charge in [-0.15, -0.1) is 0 Å². The maximum atomic E-state index is 10.8. The number of fused-ring (bicyclic) bond motifs is 2. The Hall–Kier alpha value is -2.69. The van der Waals surface area contributed by atoms with Crippen LogP contribution in [-0.2, 0) is 16.0 Å². The van der Waals surface area contributed by atoms with E-state index in [1.807, 2.05) is 12.1 Å². The van der Waals surface area contributed by atoms with Crippen LogP contribution in [0.25, 0.3) is 11.1 Å². The van der Waals surface area contributed by atoms with E-state index in [4.69, 9.17) is 9.84 Å². The quantitative estimate of drug-likeness (QED) is 0.189. The number of unbranched alkanes of at least 4 members (excludes halogenated alkanes) is 3. The molecule has 0 aromatic heterocycles. The van der Waals surface area contributed by atoms with Gasteiger partial charge >= 0.3 is 5.97 Å². The Bertz CT molecular complexity index is 1060. The van der Waals surface area contributed by atoms with Gasteiger partial charge in [0.05, 0.1) is 18.8 Å². The lowest BCUT2D eigenvalue weighted by Gasteiger charge is -2.38. The third-order valence-electron chi connectivity index (χ3n) is 8.47. The van der Waals surface area contributed by atoms with Crippen LogP contribution in [-0.4, -0.2) is 35.0 Å². The molecule has 1 saturated carbocycles. The summed E-state index contributed by atoms with van der Waals surface area (Å²) < 4.78 is 6.34. The molecule has 4 heteroatoms. The number of carboxylic acids is 1. The molecule has 2 aliphatic rings. The molecule has 5 atom stereocenters. The summed E-state index contributed by atoms with van der Waals surface area (Å²) in [7, 11) is 0. The largest absolute Gasteiger partial charge is 0.481 e. The van der Waals surface area contributed by atoms with E-state index >= 15 is 0 Å². The van der Waals surface area contributed by atoms with E-state index in [1.54, 1.807) is 0 Å². The lowest BCUT2D eigenvalue weighted by Crippen LogP contribution is -2.37. The van der Waals surface area contributed by atoms with Gasteiger partial charge in [-0.25, -0.2) is 0 Å². The van der Waals surface area contributed by atoms with Crippen LogP contribution in [0.5, 0.6) is 0 Å². The maximum Gasteiger partial charge on any atom is 0.303 e. The Kier molecular flexibility index (Phi) is 10.4. The first kappa shape index (κ1) is 28.3. The molecule has 1 heterocycles. The molecule has 0 unspecified atom stereocenters. The molecule has 4 nitrogen and oxygen atoms in total. The van der Waals surface area contributed by atoms with Crippen molar-refractivity contribution in [2.24, 2.45) is 17.3 Å². The Labute approximate surface area is 228 Å². The van der Waals surface area contributed by atoms with E-state index < -0.39 is 12.1 Å². The van der Waals surface area contributed by atoms with Gasteiger partial charge in [-0.3, -0.25) is 4.79 Å². The molecule has 204 valence electrons. The number of carboxylic acid groups (broad SMARTS) is 1. The van der Waals surface area contributed by atoms with Crippen molar-refractivity contribution in [2.45, 2.75) is 83.3 Å². The summed E-state index contributed by atoms with van der Waals surface area (Å²) in [6, 6.07) is 19.5. The van der Waals surface area contributed by atoms with Crippen molar-refractivity contribution >= 4 is 5.97 Å². The molecule has 2 fully saturated rings. The van der Waals surface area contributed by atoms with Gasteiger partial charge in [-0.2, -0.15) is 0 Å². The standard InChI is InChI=1S/C34H44O4/c1-2-3-7-14-29(35)21-22-30-31(15-10-4-5-11-16-33(36)37)34(24-32(30)38-25-34)23-26-17-19-28(20-18-26)27-12-8-6-9-13-27/h4,6,8-10,12-13,17-22,29-32,35H,2-3,5,7,11,14-16,23-25H2,1H3,(H,36,37)/b10-4-,22-21+/t29-,30+,31+,32+,34+/m0/s1. The first-order valence-corrected chi connectivity index (χ1v) is 14.5. The number of rotatable bonds is 15. The van der Waals surface area contributed by atoms with Crippen molar-refractivity contribution in [3.63, 3.8) is 0 Å². The van der Waals surface area contributed by atoms with Crippen molar-refractivity contribution < 1.29 is 19.7 Å². The number of hydrogen-bond donors (Lipinski definition) is 2. The van der Waals surface area contributed by atoms with Gasteiger partial charge in [0.25, 0.3) is 0 Å². The summed E-state index contributed by atoms with van der Waals surface area (Å²) in [5.74, 6) is -0.00900. The van der Waals surface area contributed by atoms with Crippen molar-refractivity contribution in [1.82, 2.24) is 0 Å². The Morgan fingerprint density at radius 2 is 1.82 bits per heavy atom. The highest BCUT2D eigenvalue weighted by molar-refractivity contribution is 5.66. The molecular formula is C34H44O4. The number of aliphatic carboxylic acids is 1. The predicted octanol–water partition coefficient (Wildman–Crippen LogP) is 7.62. The molecule has 0 spiro atoms. The van der Waals surface area contributed by atoms with Crippen molar-refractivity contribution in [2.75, 3.05) is 6.61 Å². The summed E-state index contributed by atoms with van der Waals surface area (Å²) in [6.45, 7) is 2.96. The minimum Gasteiger partial charge on any atom is -0.481 e. The van der Waals surface area contributed by atoms with Gasteiger partial charge in [-0.05, 0) is 61.1 Å². The lowest BCUT2D eigenvalue weighted by molar-refractivity contribution is -0.137. The van der Waals surface area contributed by atoms with Gasteiger partial charge in [0.1, 0.15) is 0 Å². The second kappa shape index (κ2) is 13.9. The summed E-state index contributed by atoms with van der Waals surface area (Å²) in [5.41, 5.74) is 3.88. The third-order valence-corrected chi connectivity index (χ3v) is 8.47. The van der Waals surface area contributed by atoms with E-state index in [1.165, 1.54) is 16.7 Å². The van der Waals surface area contributed by atoms with E-state index in [0.29, 0.717) is 12.3 Å². The molecule has 38 heavy (non-hydrogen) atoms. The van der Waals surface area contributed by atoms with Gasteiger partial charge in [0.15, 0.2) is 0 Å². The second-order valence-electron chi connectivity index (χ2n) is 11.3. The van der Waals surface area contributed by atoms with E-state index in [2.05, 4.69) is 73.7 Å². The highest BCUT2D eigenvalue weighted by Crippen LogP contribution is 2.57. The van der Waals surface area contributed by atoms with E-state index in [-0.39, 0.29) is 23.9 Å². The number of aliphatic hydroxyl groups is 1. The van der Waals surface area contributed by atoms with Crippen LogP contribution >= 0.6 is 0 Å². The van der Waals surface area contributed by atoms with Gasteiger partial charge in [-0.1, -0.05) is 105 Å². The molecule has 2 bridgehead atoms. The average molecular weight is 517 g/mol. The minimum atomic E-state index is -0.733. The summed E-state index contributed by atoms with van der Waals surface area (Å²) in [6.07, 6.45) is 17.3. The summed E-state index contributed by atoms with van der Waals surface area (Å²) >= 11 is 0. The summed E-state index contributed by atoms with van der Waals surface area (Å²) in [4.78, 5) is 10.8. The monoisotopic (exact) mass is 516 g/mol. The molecule has 0 radical (unpaired) electrons. The molecular weight excluding hydrogens is 472 g/mol. The highest BCUT2D eigenvalue weighted by atomic mass is 16.5. The zero-order valence-corrected chi connectivity index (χ0v) is 22.8. The fourth-order valence-corrected chi connectivity index (χ4v) is 6.42. The lowest BCUT2D eigenvalue weighted by atomic mass is 9.70. The molecule has 2 N–H and O–H groups in total. The summed E-state index contributed by atoms with van der Waals surface area (Å²) in [5, 5.41) is 19.5. The molecule has 1 saturated heterocycles. The Morgan fingerprint density at radius 3 is 2.55 bits per heavy atom. The van der Waals surface area contributed by atoms with Crippen LogP contribution in [0, 0.1) is 17.3 Å². The number of hydrogen-bond acceptors (Lipinski definition) is 3. The van der Waals surface area contributed by atoms with Crippen LogP contribution in [0.15, 0.2) is 78.9 Å². The highest BCUT2D eigenvalue weighted by Gasteiger charge is 2.57. The molecule has 1 aliphatic carbocycles. The SMILES string of the molecule is CCCCC[C@H](O)/C=C/[C@@H]1[C@@H](C/C=C\CCCC(=O)O)[C@@]2(Cc3ccc(-c4ccccc4)cc3)CO[C@@H]1C2. The first-order valence-electron chi connectivity index (χ1n) is 14.5. The van der Waals surface area contributed by atoms with Crippen molar-refractivity contribution in [3.8, 4) is 11.1 Å². The van der Waals surface area contributed by atoms with Crippen LogP contribution in [0.2, 0.25) is 0 Å². The van der Waals surface area contributed by atoms with Crippen LogP contribution < -0.4 is 0 Å². The molecule has 1 aliphatic heterocycles. The number of benzene rings is 2. The van der Waals surface area contributed by atoms with Crippen LogP contribution in [0.4, 0.5) is 0 Å². The van der Waals surface area contributed by atoms with Gasteiger partial charge in [0, 0.05) is 17.8 Å². The fraction of sp³-hybridized carbons (Fsp3) is 0.500. The van der Waals surface area contributed by atoms with Crippen LogP contribution in [0.3, 0.4) is 0 Å². The van der Waals surface area contributed by atoms with Crippen molar-refractivity contribution in [3.05, 3.63) is 84.5 Å². The molecule has 0 amide bonds. The molecule has 2 aromatic carbocycles. The fourth-order valence-electron chi connectivity index (χ4n) is 6.42. The normalized spacial score (nSPS) is 25.5. The molecule has 2 aromatic rings. The molecule has 4 rings (SSSR count). The third kappa shape index (κ3) is 7.45. The minimum absolute atomic E-state index is 0.0759. The maximum absolute atomic E-state index is 10.8. The van der Waals surface area contributed by atoms with E-state index in [9.17, 15) is 9.90 Å². The number of allylic oxidation sites excluding steroid dienone is 2. The number of ether oxygens (including phenoxy) is 1. The van der Waals surface area contributed by atoms with Gasteiger partial charge in [0.2, 0.25) is 0 Å². The number of aliphatic hydroxyl groups excluding tert-OH is 1. The average Bonchev–Trinajstić information content (AvgIpc) is 3.46. The zero-order valence-electron chi connectivity index (χ0n) is 22.8. The van der Waals surface area contributed by atoms with Crippen LogP contribution in [0.1, 0.15) is 70.3 Å². The van der Waals surface area contributed by atoms with Crippen molar-refractivity contribution in [1.29, 1.82) is 0 Å². The van der Waals surface area contributed by atoms with E-state index in [0.717, 1.165) is 58.0 Å². The second-order valence-corrected chi connectivity index (χ2v) is 11.3. The Balaban J connectivity index is 1.47. The van der Waals surface area contributed by atoms with Gasteiger partial charge < -0.3 is 14.9 Å². The Morgan fingerprint density at radius 1 is 1.05 bits per heavy atom. The zero-order chi connectivity index (χ0) is 26.8. The first-order chi connectivity index (χ1) is 18.5. The number of carbonyl (C=O) groups is 1. The predicted molar refractivity (Wildman–Crippen MR) is 154 cm³/mol. The topological polar surface area (TPSA) is 66.8 Å². The smallest absolute Gasteiger partial charge is 0.303 e.